The second kappa shape index (κ2) is 8.15. The van der Waals surface area contributed by atoms with Gasteiger partial charge in [0.25, 0.3) is 5.91 Å². The molecule has 0 bridgehead atoms. The lowest BCUT2D eigenvalue weighted by Crippen LogP contribution is -2.22. The lowest BCUT2D eigenvalue weighted by atomic mass is 10.2. The number of nitrogens with one attached hydrogen (secondary N) is 1. The van der Waals surface area contributed by atoms with Crippen LogP contribution in [-0.2, 0) is 13.2 Å². The molecule has 0 aliphatic heterocycles. The molecule has 6 heteroatoms. The molecule has 0 spiro atoms. The van der Waals surface area contributed by atoms with E-state index < -0.39 is 0 Å². The summed E-state index contributed by atoms with van der Waals surface area (Å²) < 4.78 is 11.3. The van der Waals surface area contributed by atoms with Gasteiger partial charge in [0.1, 0.15) is 17.9 Å². The van der Waals surface area contributed by atoms with Gasteiger partial charge in [0.2, 0.25) is 0 Å². The smallest absolute Gasteiger partial charge is 0.287 e. The number of pyridine rings is 1. The molecular weight excluding hydrogens is 376 g/mol. The molecule has 0 fully saturated rings. The number of benzene rings is 2. The maximum Gasteiger partial charge on any atom is 0.287 e. The summed E-state index contributed by atoms with van der Waals surface area (Å²) in [5, 5.41) is 4.25. The number of carbonyl (C=O) groups is 1. The average Bonchev–Trinajstić information content (AvgIpc) is 3.15. The Balaban J connectivity index is 1.33. The van der Waals surface area contributed by atoms with Crippen molar-refractivity contribution in [2.24, 2.45) is 0 Å². The van der Waals surface area contributed by atoms with Crippen LogP contribution < -0.4 is 10.1 Å². The summed E-state index contributed by atoms with van der Waals surface area (Å²) in [4.78, 5) is 16.6. The highest BCUT2D eigenvalue weighted by atomic mass is 35.5. The third kappa shape index (κ3) is 4.32. The molecule has 0 saturated heterocycles. The number of halogens is 1. The van der Waals surface area contributed by atoms with Crippen LogP contribution in [0.1, 0.15) is 21.8 Å². The first-order valence-corrected chi connectivity index (χ1v) is 9.14. The molecule has 1 amide bonds. The first kappa shape index (κ1) is 18.1. The Morgan fingerprint density at radius 1 is 1.07 bits per heavy atom. The summed E-state index contributed by atoms with van der Waals surface area (Å²) >= 11 is 5.96. The van der Waals surface area contributed by atoms with E-state index in [1.54, 1.807) is 30.5 Å². The maximum absolute atomic E-state index is 12.3. The average molecular weight is 393 g/mol. The Labute approximate surface area is 166 Å². The zero-order valence-corrected chi connectivity index (χ0v) is 15.6. The highest BCUT2D eigenvalue weighted by Gasteiger charge is 2.12. The van der Waals surface area contributed by atoms with Crippen molar-refractivity contribution in [2.75, 3.05) is 0 Å². The van der Waals surface area contributed by atoms with E-state index >= 15 is 0 Å². The molecule has 0 aliphatic carbocycles. The van der Waals surface area contributed by atoms with Crippen LogP contribution in [0.25, 0.3) is 11.0 Å². The number of aromatic nitrogens is 1. The fourth-order valence-electron chi connectivity index (χ4n) is 2.74. The summed E-state index contributed by atoms with van der Waals surface area (Å²) in [6.45, 7) is 0.796. The molecule has 5 nitrogen and oxygen atoms in total. The Morgan fingerprint density at radius 2 is 1.93 bits per heavy atom. The van der Waals surface area contributed by atoms with Crippen LogP contribution in [0.5, 0.6) is 5.75 Å². The molecule has 28 heavy (non-hydrogen) atoms. The molecule has 1 N–H and O–H groups in total. The summed E-state index contributed by atoms with van der Waals surface area (Å²) in [5.41, 5.74) is 2.45. The van der Waals surface area contributed by atoms with E-state index in [0.29, 0.717) is 23.8 Å². The molecule has 140 valence electrons. The van der Waals surface area contributed by atoms with Crippen molar-refractivity contribution in [3.8, 4) is 5.75 Å². The van der Waals surface area contributed by atoms with Crippen molar-refractivity contribution in [1.29, 1.82) is 0 Å². The highest BCUT2D eigenvalue weighted by Crippen LogP contribution is 2.23. The fourth-order valence-corrected chi connectivity index (χ4v) is 2.92. The van der Waals surface area contributed by atoms with Gasteiger partial charge in [0.05, 0.1) is 5.69 Å². The van der Waals surface area contributed by atoms with Crippen LogP contribution in [0, 0.1) is 0 Å². The van der Waals surface area contributed by atoms with Crippen molar-refractivity contribution >= 4 is 28.5 Å². The topological polar surface area (TPSA) is 64.4 Å². The molecule has 0 aliphatic rings. The normalized spacial score (nSPS) is 10.8. The second-order valence-corrected chi connectivity index (χ2v) is 6.67. The number of ether oxygens (including phenoxy) is 1. The van der Waals surface area contributed by atoms with E-state index in [-0.39, 0.29) is 11.7 Å². The van der Waals surface area contributed by atoms with Crippen LogP contribution in [-0.4, -0.2) is 10.9 Å². The second-order valence-electron chi connectivity index (χ2n) is 6.23. The van der Waals surface area contributed by atoms with Crippen molar-refractivity contribution in [3.63, 3.8) is 0 Å². The van der Waals surface area contributed by atoms with Gasteiger partial charge in [-0.05, 0) is 54.1 Å². The first-order valence-electron chi connectivity index (χ1n) is 8.76. The number of amides is 1. The number of rotatable bonds is 6. The van der Waals surface area contributed by atoms with Gasteiger partial charge in [0, 0.05) is 23.2 Å². The van der Waals surface area contributed by atoms with E-state index in [2.05, 4.69) is 10.3 Å². The Morgan fingerprint density at radius 3 is 2.71 bits per heavy atom. The number of furan rings is 1. The van der Waals surface area contributed by atoms with Crippen molar-refractivity contribution in [3.05, 3.63) is 95.0 Å². The Kier molecular flexibility index (Phi) is 5.26. The van der Waals surface area contributed by atoms with E-state index in [4.69, 9.17) is 20.8 Å². The number of fused-ring (bicyclic) bond motifs is 1. The van der Waals surface area contributed by atoms with Gasteiger partial charge in [0.15, 0.2) is 5.76 Å². The molecule has 2 aromatic carbocycles. The van der Waals surface area contributed by atoms with E-state index in [0.717, 1.165) is 22.4 Å². The third-order valence-electron chi connectivity index (χ3n) is 4.19. The zero-order valence-electron chi connectivity index (χ0n) is 14.9. The third-order valence-corrected chi connectivity index (χ3v) is 4.43. The summed E-state index contributed by atoms with van der Waals surface area (Å²) in [6, 6.07) is 20.2. The summed E-state index contributed by atoms with van der Waals surface area (Å²) in [6.07, 6.45) is 1.74. The largest absolute Gasteiger partial charge is 0.487 e. The highest BCUT2D eigenvalue weighted by molar-refractivity contribution is 6.31. The fraction of sp³-hybridized carbons (Fsp3) is 0.0909. The predicted molar refractivity (Wildman–Crippen MR) is 107 cm³/mol. The molecule has 2 aromatic heterocycles. The van der Waals surface area contributed by atoms with Crippen molar-refractivity contribution < 1.29 is 13.9 Å². The maximum atomic E-state index is 12.3. The number of carbonyl (C=O) groups excluding carboxylic acids is 1. The van der Waals surface area contributed by atoms with Gasteiger partial charge >= 0.3 is 0 Å². The molecule has 0 atom stereocenters. The first-order chi connectivity index (χ1) is 13.7. The lowest BCUT2D eigenvalue weighted by Gasteiger charge is -2.07. The molecule has 4 aromatic rings. The van der Waals surface area contributed by atoms with Crippen LogP contribution >= 0.6 is 11.6 Å². The van der Waals surface area contributed by atoms with Gasteiger partial charge in [-0.3, -0.25) is 9.78 Å². The standard InChI is InChI=1S/C22H17ClN2O3/c23-17-6-9-20-16(11-17)12-21(28-20)22(26)25-13-15-4-7-19(8-5-15)27-14-18-3-1-2-10-24-18/h1-12H,13-14H2,(H,25,26). The minimum absolute atomic E-state index is 0.257. The van der Waals surface area contributed by atoms with Gasteiger partial charge in [-0.2, -0.15) is 0 Å². The number of hydrogen-bond donors (Lipinski definition) is 1. The number of nitrogens with zero attached hydrogens (tertiary/aromatic N) is 1. The quantitative estimate of drug-likeness (QED) is 0.502. The molecule has 2 heterocycles. The number of hydrogen-bond acceptors (Lipinski definition) is 4. The van der Waals surface area contributed by atoms with E-state index in [1.165, 1.54) is 0 Å². The van der Waals surface area contributed by atoms with Crippen LogP contribution in [0.3, 0.4) is 0 Å². The summed E-state index contributed by atoms with van der Waals surface area (Å²) in [7, 11) is 0. The zero-order chi connectivity index (χ0) is 19.3. The van der Waals surface area contributed by atoms with Crippen molar-refractivity contribution in [1.82, 2.24) is 10.3 Å². The minimum Gasteiger partial charge on any atom is -0.487 e. The lowest BCUT2D eigenvalue weighted by molar-refractivity contribution is 0.0925. The predicted octanol–water partition coefficient (Wildman–Crippen LogP) is 4.99. The van der Waals surface area contributed by atoms with Crippen LogP contribution in [0.2, 0.25) is 5.02 Å². The molecule has 0 saturated carbocycles. The molecule has 0 unspecified atom stereocenters. The molecular formula is C22H17ClN2O3. The Bertz CT molecular complexity index is 1090. The van der Waals surface area contributed by atoms with Gasteiger partial charge in [-0.15, -0.1) is 0 Å². The molecule has 4 rings (SSSR count). The van der Waals surface area contributed by atoms with Crippen LogP contribution in [0.15, 0.2) is 77.3 Å². The summed E-state index contributed by atoms with van der Waals surface area (Å²) in [5.74, 6) is 0.727. The minimum atomic E-state index is -0.275. The van der Waals surface area contributed by atoms with Gasteiger partial charge in [-0.1, -0.05) is 29.8 Å². The monoisotopic (exact) mass is 392 g/mol. The van der Waals surface area contributed by atoms with Crippen LogP contribution in [0.4, 0.5) is 0 Å². The SMILES string of the molecule is O=C(NCc1ccc(OCc2ccccn2)cc1)c1cc2cc(Cl)ccc2o1. The van der Waals surface area contributed by atoms with Gasteiger partial charge in [-0.25, -0.2) is 0 Å². The van der Waals surface area contributed by atoms with Gasteiger partial charge < -0.3 is 14.5 Å². The Hall–Kier alpha value is -3.31. The van der Waals surface area contributed by atoms with Crippen molar-refractivity contribution in [2.45, 2.75) is 13.2 Å². The van der Waals surface area contributed by atoms with E-state index in [1.807, 2.05) is 42.5 Å². The van der Waals surface area contributed by atoms with E-state index in [9.17, 15) is 4.79 Å². The molecule has 0 radical (unpaired) electrons.